The van der Waals surface area contributed by atoms with Crippen LogP contribution in [0.3, 0.4) is 0 Å². The summed E-state index contributed by atoms with van der Waals surface area (Å²) in [7, 11) is 0.291. The van der Waals surface area contributed by atoms with Crippen molar-refractivity contribution in [3.63, 3.8) is 0 Å². The van der Waals surface area contributed by atoms with E-state index in [0.29, 0.717) is 29.9 Å². The third-order valence-corrected chi connectivity index (χ3v) is 11.3. The maximum absolute atomic E-state index is 14.0. The van der Waals surface area contributed by atoms with Gasteiger partial charge in [0.05, 0.1) is 35.4 Å². The first kappa shape index (κ1) is 35.0. The first-order valence-electron chi connectivity index (χ1n) is 16.8. The van der Waals surface area contributed by atoms with Crippen LogP contribution in [0.25, 0.3) is 0 Å². The van der Waals surface area contributed by atoms with Gasteiger partial charge in [-0.3, -0.25) is 0 Å². The number of hydrogen-bond donors (Lipinski definition) is 3. The first-order valence-corrected chi connectivity index (χ1v) is 18.5. The Balaban J connectivity index is 1.48. The number of benzene rings is 2. The minimum absolute atomic E-state index is 0.0210. The number of rotatable bonds is 18. The highest BCUT2D eigenvalue weighted by atomic mass is 32.2. The Hall–Kier alpha value is -2.88. The van der Waals surface area contributed by atoms with Gasteiger partial charge in [0.1, 0.15) is 5.75 Å². The van der Waals surface area contributed by atoms with Gasteiger partial charge in [-0.15, -0.1) is 0 Å². The van der Waals surface area contributed by atoms with Crippen molar-refractivity contribution in [1.29, 1.82) is 0 Å². The molecule has 0 fully saturated rings. The molecule has 4 rings (SSSR count). The van der Waals surface area contributed by atoms with Crippen molar-refractivity contribution in [1.82, 2.24) is 15.3 Å². The molecular formula is C36H54N4O4S. The second kappa shape index (κ2) is 16.6. The number of anilines is 1. The van der Waals surface area contributed by atoms with Gasteiger partial charge in [0, 0.05) is 50.3 Å². The number of aliphatic hydroxyl groups is 1. The van der Waals surface area contributed by atoms with E-state index >= 15 is 0 Å². The van der Waals surface area contributed by atoms with Crippen LogP contribution in [-0.2, 0) is 16.3 Å². The highest BCUT2D eigenvalue weighted by molar-refractivity contribution is 7.91. The lowest BCUT2D eigenvalue weighted by Crippen LogP contribution is -2.43. The molecule has 1 aliphatic heterocycles. The maximum atomic E-state index is 14.0. The van der Waals surface area contributed by atoms with Crippen LogP contribution in [0.1, 0.15) is 94.4 Å². The van der Waals surface area contributed by atoms with Crippen molar-refractivity contribution < 1.29 is 18.3 Å². The molecule has 0 aliphatic carbocycles. The number of fused-ring (bicyclic) bond motifs is 1. The zero-order chi connectivity index (χ0) is 32.3. The lowest BCUT2D eigenvalue weighted by atomic mass is 9.68. The van der Waals surface area contributed by atoms with Crippen LogP contribution in [0, 0.1) is 5.41 Å². The molecular weight excluding hydrogens is 584 g/mol. The SMILES string of the molecule is CCCCC1(CCCC)CS(=O)(=O)c2ccc(N(C)C)cc2[C@@H](c2ccc(OCCCCCNCCc3c[nH]cn3)cc2)[C@H]1O. The van der Waals surface area contributed by atoms with E-state index in [4.69, 9.17) is 4.74 Å². The van der Waals surface area contributed by atoms with E-state index < -0.39 is 27.3 Å². The second-order valence-corrected chi connectivity index (χ2v) is 14.9. The van der Waals surface area contributed by atoms with Crippen molar-refractivity contribution in [2.24, 2.45) is 5.41 Å². The van der Waals surface area contributed by atoms with E-state index in [1.54, 1.807) is 12.4 Å². The molecule has 2 aromatic carbocycles. The van der Waals surface area contributed by atoms with E-state index in [-0.39, 0.29) is 5.75 Å². The fourth-order valence-electron chi connectivity index (χ4n) is 6.65. The van der Waals surface area contributed by atoms with Gasteiger partial charge in [0.15, 0.2) is 9.84 Å². The Bertz CT molecular complexity index is 1400. The van der Waals surface area contributed by atoms with Crippen molar-refractivity contribution >= 4 is 15.5 Å². The number of aromatic amines is 1. The number of H-pyrrole nitrogens is 1. The third-order valence-electron chi connectivity index (χ3n) is 9.28. The Labute approximate surface area is 270 Å². The Kier molecular flexibility index (Phi) is 12.9. The average Bonchev–Trinajstić information content (AvgIpc) is 3.53. The van der Waals surface area contributed by atoms with E-state index in [1.165, 1.54) is 0 Å². The molecule has 0 amide bonds. The van der Waals surface area contributed by atoms with Crippen LogP contribution < -0.4 is 15.0 Å². The van der Waals surface area contributed by atoms with Crippen LogP contribution in [0.5, 0.6) is 5.75 Å². The van der Waals surface area contributed by atoms with Crippen molar-refractivity contribution in [2.45, 2.75) is 95.0 Å². The van der Waals surface area contributed by atoms with Crippen molar-refractivity contribution in [2.75, 3.05) is 44.4 Å². The molecule has 0 saturated heterocycles. The molecule has 3 N–H and O–H groups in total. The van der Waals surface area contributed by atoms with E-state index in [1.807, 2.05) is 61.6 Å². The molecule has 0 unspecified atom stereocenters. The third kappa shape index (κ3) is 9.11. The van der Waals surface area contributed by atoms with Crippen molar-refractivity contribution in [3.8, 4) is 5.75 Å². The molecule has 9 heteroatoms. The topological polar surface area (TPSA) is 108 Å². The fourth-order valence-corrected chi connectivity index (χ4v) is 8.84. The highest BCUT2D eigenvalue weighted by Gasteiger charge is 2.49. The number of unbranched alkanes of at least 4 members (excludes halogenated alkanes) is 4. The Morgan fingerprint density at radius 3 is 2.38 bits per heavy atom. The molecule has 3 aromatic rings. The molecule has 0 bridgehead atoms. The molecule has 1 aliphatic rings. The maximum Gasteiger partial charge on any atom is 0.179 e. The van der Waals surface area contributed by atoms with Gasteiger partial charge in [-0.05, 0) is 80.1 Å². The zero-order valence-corrected chi connectivity index (χ0v) is 28.5. The van der Waals surface area contributed by atoms with Gasteiger partial charge in [0.25, 0.3) is 0 Å². The number of ether oxygens (including phenoxy) is 1. The minimum atomic E-state index is -3.62. The predicted molar refractivity (Wildman–Crippen MR) is 183 cm³/mol. The van der Waals surface area contributed by atoms with Crippen LogP contribution in [0.4, 0.5) is 5.69 Å². The number of nitrogens with zero attached hydrogens (tertiary/aromatic N) is 2. The number of hydrogen-bond acceptors (Lipinski definition) is 7. The van der Waals surface area contributed by atoms with Crippen LogP contribution in [0.15, 0.2) is 59.9 Å². The summed E-state index contributed by atoms with van der Waals surface area (Å²) in [6.07, 6.45) is 12.0. The molecule has 0 saturated carbocycles. The van der Waals surface area contributed by atoms with E-state index in [9.17, 15) is 13.5 Å². The summed E-state index contributed by atoms with van der Waals surface area (Å²) in [5, 5.41) is 15.8. The van der Waals surface area contributed by atoms with Crippen molar-refractivity contribution in [3.05, 3.63) is 71.8 Å². The van der Waals surface area contributed by atoms with Crippen LogP contribution in [-0.4, -0.2) is 69.1 Å². The summed E-state index contributed by atoms with van der Waals surface area (Å²) in [4.78, 5) is 9.56. The molecule has 0 spiro atoms. The Morgan fingerprint density at radius 1 is 1.00 bits per heavy atom. The molecule has 2 heterocycles. The van der Waals surface area contributed by atoms with E-state index in [2.05, 4.69) is 29.1 Å². The first-order chi connectivity index (χ1) is 21.7. The predicted octanol–water partition coefficient (Wildman–Crippen LogP) is 6.50. The second-order valence-electron chi connectivity index (χ2n) is 12.9. The molecule has 0 radical (unpaired) electrons. The normalized spacial score (nSPS) is 18.7. The molecule has 8 nitrogen and oxygen atoms in total. The summed E-state index contributed by atoms with van der Waals surface area (Å²) in [5.74, 6) is 0.310. The number of nitrogens with one attached hydrogen (secondary N) is 2. The minimum Gasteiger partial charge on any atom is -0.494 e. The largest absolute Gasteiger partial charge is 0.494 e. The quantitative estimate of drug-likeness (QED) is 0.137. The van der Waals surface area contributed by atoms with Gasteiger partial charge < -0.3 is 25.0 Å². The fraction of sp³-hybridized carbons (Fsp3) is 0.583. The molecule has 45 heavy (non-hydrogen) atoms. The van der Waals surface area contributed by atoms with Crippen LogP contribution >= 0.6 is 0 Å². The number of imidazole rings is 1. The smallest absolute Gasteiger partial charge is 0.179 e. The summed E-state index contributed by atoms with van der Waals surface area (Å²) in [6, 6.07) is 13.6. The summed E-state index contributed by atoms with van der Waals surface area (Å²) in [6.45, 7) is 6.80. The number of aliphatic hydroxyl groups excluding tert-OH is 1. The standard InChI is InChI=1S/C36H54N4O4S/c1-5-7-19-36(20-8-6-2)26-45(42,43)33-17-14-30(40(3)4)24-32(33)34(35(36)41)28-12-15-31(16-13-28)44-23-11-9-10-21-37-22-18-29-25-38-27-39-29/h12-17,24-25,27,34-35,37,41H,5-11,18-23,26H2,1-4H3,(H,38,39)/t34-,35-/m1/s1. The van der Waals surface area contributed by atoms with Gasteiger partial charge in [0.2, 0.25) is 0 Å². The molecule has 2 atom stereocenters. The summed E-state index contributed by atoms with van der Waals surface area (Å²) < 4.78 is 34.1. The zero-order valence-electron chi connectivity index (χ0n) is 27.7. The van der Waals surface area contributed by atoms with Crippen LogP contribution in [0.2, 0.25) is 0 Å². The monoisotopic (exact) mass is 638 g/mol. The number of aromatic nitrogens is 2. The van der Waals surface area contributed by atoms with Gasteiger partial charge >= 0.3 is 0 Å². The average molecular weight is 639 g/mol. The molecule has 1 aromatic heterocycles. The lowest BCUT2D eigenvalue weighted by molar-refractivity contribution is 0.0127. The summed E-state index contributed by atoms with van der Waals surface area (Å²) >= 11 is 0. The van der Waals surface area contributed by atoms with E-state index in [0.717, 1.165) is 87.2 Å². The Morgan fingerprint density at radius 2 is 1.73 bits per heavy atom. The summed E-state index contributed by atoms with van der Waals surface area (Å²) in [5.41, 5.74) is 2.90. The number of sulfone groups is 1. The highest BCUT2D eigenvalue weighted by Crippen LogP contribution is 2.50. The van der Waals surface area contributed by atoms with Gasteiger partial charge in [-0.2, -0.15) is 0 Å². The van der Waals surface area contributed by atoms with Gasteiger partial charge in [-0.1, -0.05) is 51.7 Å². The lowest BCUT2D eigenvalue weighted by Gasteiger charge is -2.40. The van der Waals surface area contributed by atoms with Gasteiger partial charge in [-0.25, -0.2) is 13.4 Å². The molecule has 248 valence electrons.